The molecular weight excluding hydrogens is 258 g/mol. The molecule has 1 unspecified atom stereocenters. The van der Waals surface area contributed by atoms with Crippen LogP contribution in [0.3, 0.4) is 0 Å². The van der Waals surface area contributed by atoms with Gasteiger partial charge in [-0.2, -0.15) is 0 Å². The molecule has 0 aliphatic carbocycles. The van der Waals surface area contributed by atoms with Gasteiger partial charge in [-0.15, -0.1) is 0 Å². The van der Waals surface area contributed by atoms with Gasteiger partial charge in [-0.3, -0.25) is 0 Å². The Morgan fingerprint density at radius 3 is 2.71 bits per heavy atom. The lowest BCUT2D eigenvalue weighted by Crippen LogP contribution is -2.34. The molecule has 0 N–H and O–H groups in total. The molecule has 0 amide bonds. The highest BCUT2D eigenvalue weighted by Gasteiger charge is 2.30. The molecule has 0 radical (unpaired) electrons. The van der Waals surface area contributed by atoms with E-state index in [0.717, 1.165) is 31.2 Å². The molecule has 1 heterocycles. The van der Waals surface area contributed by atoms with Crippen LogP contribution in [0.1, 0.15) is 36.9 Å². The minimum atomic E-state index is -0.165. The maximum atomic E-state index is 11.7. The van der Waals surface area contributed by atoms with E-state index in [0.29, 0.717) is 0 Å². The third-order valence-electron chi connectivity index (χ3n) is 4.33. The van der Waals surface area contributed by atoms with Crippen molar-refractivity contribution >= 4 is 12.0 Å². The van der Waals surface area contributed by atoms with Crippen molar-refractivity contribution in [2.75, 3.05) is 11.4 Å². The predicted molar refractivity (Wildman–Crippen MR) is 87.7 cm³/mol. The Labute approximate surface area is 126 Å². The van der Waals surface area contributed by atoms with Crippen LogP contribution in [0.15, 0.2) is 42.5 Å². The van der Waals surface area contributed by atoms with E-state index >= 15 is 0 Å². The number of carbonyl (C=O) groups excluding carboxylic acids is 1. The smallest absolute Gasteiger partial charge is 0.147 e. The van der Waals surface area contributed by atoms with E-state index in [9.17, 15) is 4.79 Å². The molecule has 2 nitrogen and oxygen atoms in total. The van der Waals surface area contributed by atoms with Crippen molar-refractivity contribution in [2.24, 2.45) is 0 Å². The average molecular weight is 279 g/mol. The van der Waals surface area contributed by atoms with Gasteiger partial charge in [0.15, 0.2) is 0 Å². The van der Waals surface area contributed by atoms with Crippen LogP contribution in [-0.4, -0.2) is 12.8 Å². The Morgan fingerprint density at radius 2 is 1.95 bits per heavy atom. The van der Waals surface area contributed by atoms with Crippen molar-refractivity contribution < 1.29 is 4.79 Å². The minimum Gasteiger partial charge on any atom is -0.357 e. The molecule has 0 spiro atoms. The number of rotatable bonds is 4. The number of aldehydes is 1. The van der Waals surface area contributed by atoms with Crippen molar-refractivity contribution in [3.63, 3.8) is 0 Å². The lowest BCUT2D eigenvalue weighted by molar-refractivity contribution is -0.109. The van der Waals surface area contributed by atoms with Crippen LogP contribution in [-0.2, 0) is 4.79 Å². The Kier molecular flexibility index (Phi) is 3.78. The second-order valence-corrected chi connectivity index (χ2v) is 5.68. The zero-order chi connectivity index (χ0) is 14.8. The first-order valence-corrected chi connectivity index (χ1v) is 7.68. The van der Waals surface area contributed by atoms with Gasteiger partial charge in [0.05, 0.1) is 0 Å². The van der Waals surface area contributed by atoms with Crippen molar-refractivity contribution in [2.45, 2.75) is 32.7 Å². The average Bonchev–Trinajstić information content (AvgIpc) is 2.52. The summed E-state index contributed by atoms with van der Waals surface area (Å²) < 4.78 is 0. The number of unbranched alkanes of at least 4 members (excludes halogenated alkanes) is 1. The third-order valence-corrected chi connectivity index (χ3v) is 4.33. The number of anilines is 1. The van der Waals surface area contributed by atoms with E-state index in [1.54, 1.807) is 0 Å². The molecule has 0 aromatic heterocycles. The van der Waals surface area contributed by atoms with Gasteiger partial charge in [0.25, 0.3) is 0 Å². The van der Waals surface area contributed by atoms with Gasteiger partial charge in [-0.05, 0) is 36.1 Å². The molecule has 21 heavy (non-hydrogen) atoms. The Bertz CT molecular complexity index is 662. The number of aryl methyl sites for hydroxylation is 1. The molecule has 2 aromatic rings. The van der Waals surface area contributed by atoms with E-state index in [-0.39, 0.29) is 6.04 Å². The van der Waals surface area contributed by atoms with Crippen LogP contribution in [0.4, 0.5) is 5.69 Å². The standard InChI is InChI=1S/C19H21NO/c1-3-4-12-20-17-11-7-8-14(2)19(17)16-10-6-5-9-15(16)18(20)13-21/h5-11,13,18H,3-4,12H2,1-2H3. The lowest BCUT2D eigenvalue weighted by Gasteiger charge is -2.38. The van der Waals surface area contributed by atoms with Gasteiger partial charge in [-0.25, -0.2) is 0 Å². The second kappa shape index (κ2) is 5.72. The Hall–Kier alpha value is -2.09. The van der Waals surface area contributed by atoms with Gasteiger partial charge >= 0.3 is 0 Å². The molecule has 2 aromatic carbocycles. The number of hydrogen-bond donors (Lipinski definition) is 0. The van der Waals surface area contributed by atoms with Crippen LogP contribution in [0.2, 0.25) is 0 Å². The van der Waals surface area contributed by atoms with E-state index in [1.165, 1.54) is 22.4 Å². The first-order chi connectivity index (χ1) is 10.3. The summed E-state index contributed by atoms with van der Waals surface area (Å²) >= 11 is 0. The number of fused-ring (bicyclic) bond motifs is 3. The maximum absolute atomic E-state index is 11.7. The molecule has 3 rings (SSSR count). The summed E-state index contributed by atoms with van der Waals surface area (Å²) in [5.74, 6) is 0. The van der Waals surface area contributed by atoms with Crippen molar-refractivity contribution in [3.8, 4) is 11.1 Å². The highest BCUT2D eigenvalue weighted by Crippen LogP contribution is 2.45. The molecule has 1 aliphatic rings. The molecular formula is C19H21NO. The first kappa shape index (κ1) is 13.9. The Balaban J connectivity index is 2.22. The molecule has 1 aliphatic heterocycles. The van der Waals surface area contributed by atoms with Crippen LogP contribution in [0.25, 0.3) is 11.1 Å². The van der Waals surface area contributed by atoms with Crippen molar-refractivity contribution in [3.05, 3.63) is 53.6 Å². The normalized spacial score (nSPS) is 16.3. The molecule has 1 atom stereocenters. The van der Waals surface area contributed by atoms with E-state index in [1.807, 2.05) is 6.07 Å². The molecule has 0 saturated heterocycles. The second-order valence-electron chi connectivity index (χ2n) is 5.68. The van der Waals surface area contributed by atoms with Gasteiger partial charge in [0.2, 0.25) is 0 Å². The zero-order valence-corrected chi connectivity index (χ0v) is 12.7. The summed E-state index contributed by atoms with van der Waals surface area (Å²) in [5.41, 5.74) is 6.08. The highest BCUT2D eigenvalue weighted by atomic mass is 16.1. The van der Waals surface area contributed by atoms with Crippen molar-refractivity contribution in [1.29, 1.82) is 0 Å². The van der Waals surface area contributed by atoms with E-state index in [2.05, 4.69) is 55.1 Å². The summed E-state index contributed by atoms with van der Waals surface area (Å²) in [7, 11) is 0. The zero-order valence-electron chi connectivity index (χ0n) is 12.7. The maximum Gasteiger partial charge on any atom is 0.147 e. The molecule has 0 bridgehead atoms. The summed E-state index contributed by atoms with van der Waals surface area (Å²) in [4.78, 5) is 14.0. The number of carbonyl (C=O) groups is 1. The van der Waals surface area contributed by atoms with Gasteiger partial charge in [0.1, 0.15) is 12.3 Å². The fourth-order valence-electron chi connectivity index (χ4n) is 3.28. The van der Waals surface area contributed by atoms with Gasteiger partial charge < -0.3 is 9.69 Å². The van der Waals surface area contributed by atoms with Gasteiger partial charge in [-0.1, -0.05) is 49.7 Å². The first-order valence-electron chi connectivity index (χ1n) is 7.68. The SMILES string of the molecule is CCCCN1c2cccc(C)c2-c2ccccc2C1C=O. The van der Waals surface area contributed by atoms with Crippen LogP contribution < -0.4 is 4.90 Å². The number of benzene rings is 2. The van der Waals surface area contributed by atoms with Crippen molar-refractivity contribution in [1.82, 2.24) is 0 Å². The Morgan fingerprint density at radius 1 is 1.14 bits per heavy atom. The van der Waals surface area contributed by atoms with E-state index < -0.39 is 0 Å². The fraction of sp³-hybridized carbons (Fsp3) is 0.316. The minimum absolute atomic E-state index is 0.165. The molecule has 0 fully saturated rings. The van der Waals surface area contributed by atoms with Crippen LogP contribution in [0, 0.1) is 6.92 Å². The predicted octanol–water partition coefficient (Wildman–Crippen LogP) is 4.52. The van der Waals surface area contributed by atoms with Crippen LogP contribution >= 0.6 is 0 Å². The highest BCUT2D eigenvalue weighted by molar-refractivity contribution is 5.91. The number of nitrogens with zero attached hydrogens (tertiary/aromatic N) is 1. The monoisotopic (exact) mass is 279 g/mol. The largest absolute Gasteiger partial charge is 0.357 e. The topological polar surface area (TPSA) is 20.3 Å². The quantitative estimate of drug-likeness (QED) is 0.767. The number of hydrogen-bond acceptors (Lipinski definition) is 2. The summed E-state index contributed by atoms with van der Waals surface area (Å²) in [6.07, 6.45) is 3.31. The summed E-state index contributed by atoms with van der Waals surface area (Å²) in [6.45, 7) is 5.25. The third kappa shape index (κ3) is 2.25. The molecule has 0 saturated carbocycles. The summed E-state index contributed by atoms with van der Waals surface area (Å²) in [6, 6.07) is 14.5. The lowest BCUT2D eigenvalue weighted by atomic mass is 9.86. The summed E-state index contributed by atoms with van der Waals surface area (Å²) in [5, 5.41) is 0. The van der Waals surface area contributed by atoms with Gasteiger partial charge in [0, 0.05) is 17.8 Å². The van der Waals surface area contributed by atoms with Crippen LogP contribution in [0.5, 0.6) is 0 Å². The molecule has 2 heteroatoms. The molecule has 108 valence electrons. The van der Waals surface area contributed by atoms with E-state index in [4.69, 9.17) is 0 Å². The fourth-order valence-corrected chi connectivity index (χ4v) is 3.28.